The predicted octanol–water partition coefficient (Wildman–Crippen LogP) is 5.53. The first-order valence-corrected chi connectivity index (χ1v) is 8.86. The van der Waals surface area contributed by atoms with Crippen molar-refractivity contribution in [3.63, 3.8) is 0 Å². The van der Waals surface area contributed by atoms with E-state index in [1.807, 2.05) is 11.3 Å². The van der Waals surface area contributed by atoms with Crippen molar-refractivity contribution in [2.24, 2.45) is 0 Å². The lowest BCUT2D eigenvalue weighted by molar-refractivity contribution is -0.0298. The minimum Gasteiger partial charge on any atom is -0.379 e. The lowest BCUT2D eigenvalue weighted by atomic mass is 10.1. The summed E-state index contributed by atoms with van der Waals surface area (Å²) in [6.45, 7) is 10.1. The fourth-order valence-corrected chi connectivity index (χ4v) is 3.99. The van der Waals surface area contributed by atoms with Crippen LogP contribution in [0.1, 0.15) is 53.1 Å². The molecule has 116 valence electrons. The third kappa shape index (κ3) is 4.39. The summed E-state index contributed by atoms with van der Waals surface area (Å²) in [6.07, 6.45) is 0. The predicted molar refractivity (Wildman–Crippen MR) is 91.3 cm³/mol. The maximum atomic E-state index is 6.17. The lowest BCUT2D eigenvalue weighted by Gasteiger charge is -2.23. The average Bonchev–Trinajstić information content (AvgIpc) is 3.06. The molecule has 0 radical (unpaired) electrons. The zero-order chi connectivity index (χ0) is 15.5. The first kappa shape index (κ1) is 16.7. The molecule has 2 aromatic heterocycles. The number of ether oxygens (including phenoxy) is 2. The van der Waals surface area contributed by atoms with Crippen molar-refractivity contribution < 1.29 is 9.47 Å². The Morgan fingerprint density at radius 2 is 1.67 bits per heavy atom. The van der Waals surface area contributed by atoms with Crippen molar-refractivity contribution in [2.45, 2.75) is 52.4 Å². The topological polar surface area (TPSA) is 18.5 Å². The van der Waals surface area contributed by atoms with Gasteiger partial charge in [-0.2, -0.15) is 0 Å². The molecular weight excluding hydrogens is 300 g/mol. The Morgan fingerprint density at radius 3 is 2.29 bits per heavy atom. The van der Waals surface area contributed by atoms with Crippen LogP contribution in [0.15, 0.2) is 24.3 Å². The van der Waals surface area contributed by atoms with Crippen LogP contribution in [0.25, 0.3) is 0 Å². The highest BCUT2D eigenvalue weighted by atomic mass is 32.1. The number of hydrogen-bond acceptors (Lipinski definition) is 4. The second kappa shape index (κ2) is 7.05. The van der Waals surface area contributed by atoms with Crippen molar-refractivity contribution in [2.75, 3.05) is 7.11 Å². The second-order valence-electron chi connectivity index (χ2n) is 5.96. The Morgan fingerprint density at radius 1 is 1.00 bits per heavy atom. The normalized spacial score (nSPS) is 12.3. The van der Waals surface area contributed by atoms with Crippen LogP contribution in [0.4, 0.5) is 0 Å². The van der Waals surface area contributed by atoms with Gasteiger partial charge >= 0.3 is 0 Å². The first-order valence-electron chi connectivity index (χ1n) is 7.23. The summed E-state index contributed by atoms with van der Waals surface area (Å²) in [5.74, 6) is 0.589. The van der Waals surface area contributed by atoms with Gasteiger partial charge in [0.25, 0.3) is 0 Å². The molecule has 0 N–H and O–H groups in total. The van der Waals surface area contributed by atoms with E-state index in [4.69, 9.17) is 9.47 Å². The maximum absolute atomic E-state index is 6.17. The summed E-state index contributed by atoms with van der Waals surface area (Å²) in [4.78, 5) is 5.20. The van der Waals surface area contributed by atoms with E-state index >= 15 is 0 Å². The monoisotopic (exact) mass is 324 g/mol. The van der Waals surface area contributed by atoms with Gasteiger partial charge in [-0.05, 0) is 44.0 Å². The molecule has 0 bridgehead atoms. The van der Waals surface area contributed by atoms with E-state index in [-0.39, 0.29) is 5.60 Å². The summed E-state index contributed by atoms with van der Waals surface area (Å²) >= 11 is 3.61. The molecule has 2 heterocycles. The quantitative estimate of drug-likeness (QED) is 0.666. The molecule has 2 nitrogen and oxygen atoms in total. The molecule has 0 aliphatic rings. The molecule has 2 aromatic rings. The molecule has 0 amide bonds. The number of hydrogen-bond donors (Lipinski definition) is 0. The van der Waals surface area contributed by atoms with Crippen LogP contribution in [-0.4, -0.2) is 7.11 Å². The van der Waals surface area contributed by atoms with Gasteiger partial charge in [0.1, 0.15) is 0 Å². The van der Waals surface area contributed by atoms with Crippen LogP contribution in [0.2, 0.25) is 0 Å². The average molecular weight is 325 g/mol. The standard InChI is InChI=1S/C17H24O2S2/c1-12(2)15-8-6-14(20-15)11-19-17(3,4)16-9-7-13(21-16)10-18-5/h6-9,12H,10-11H2,1-5H3. The van der Waals surface area contributed by atoms with E-state index in [1.165, 1.54) is 19.5 Å². The summed E-state index contributed by atoms with van der Waals surface area (Å²) in [5.41, 5.74) is -0.265. The zero-order valence-electron chi connectivity index (χ0n) is 13.4. The Kier molecular flexibility index (Phi) is 5.60. The van der Waals surface area contributed by atoms with E-state index in [9.17, 15) is 0 Å². The Labute approximate surface area is 135 Å². The fraction of sp³-hybridized carbons (Fsp3) is 0.529. The number of thiophene rings is 2. The molecule has 4 heteroatoms. The number of rotatable bonds is 7. The SMILES string of the molecule is COCc1ccc(C(C)(C)OCc2ccc(C(C)C)s2)s1. The molecule has 0 spiro atoms. The Hall–Kier alpha value is -0.680. The highest BCUT2D eigenvalue weighted by Gasteiger charge is 2.23. The summed E-state index contributed by atoms with van der Waals surface area (Å²) in [7, 11) is 1.73. The van der Waals surface area contributed by atoms with E-state index in [0.29, 0.717) is 19.1 Å². The van der Waals surface area contributed by atoms with Crippen LogP contribution in [0.3, 0.4) is 0 Å². The minimum atomic E-state index is -0.265. The molecule has 0 aromatic carbocycles. The van der Waals surface area contributed by atoms with E-state index in [0.717, 1.165) is 0 Å². The molecule has 21 heavy (non-hydrogen) atoms. The van der Waals surface area contributed by atoms with E-state index in [1.54, 1.807) is 18.4 Å². The van der Waals surface area contributed by atoms with Crippen LogP contribution >= 0.6 is 22.7 Å². The minimum absolute atomic E-state index is 0.265. The van der Waals surface area contributed by atoms with Crippen LogP contribution in [-0.2, 0) is 28.3 Å². The van der Waals surface area contributed by atoms with Crippen LogP contribution in [0, 0.1) is 0 Å². The smallest absolute Gasteiger partial charge is 0.0971 e. The molecule has 0 saturated heterocycles. The third-order valence-electron chi connectivity index (χ3n) is 3.37. The number of methoxy groups -OCH3 is 1. The third-order valence-corrected chi connectivity index (χ3v) is 6.09. The summed E-state index contributed by atoms with van der Waals surface area (Å²) < 4.78 is 11.3. The molecule has 0 atom stereocenters. The van der Waals surface area contributed by atoms with Gasteiger partial charge in [0.2, 0.25) is 0 Å². The molecular formula is C17H24O2S2. The molecule has 0 aliphatic heterocycles. The van der Waals surface area contributed by atoms with Crippen molar-refractivity contribution in [3.8, 4) is 0 Å². The van der Waals surface area contributed by atoms with E-state index < -0.39 is 0 Å². The van der Waals surface area contributed by atoms with Crippen molar-refractivity contribution in [1.82, 2.24) is 0 Å². The van der Waals surface area contributed by atoms with Crippen LogP contribution < -0.4 is 0 Å². The zero-order valence-corrected chi connectivity index (χ0v) is 15.1. The Balaban J connectivity index is 1.98. The summed E-state index contributed by atoms with van der Waals surface area (Å²) in [6, 6.07) is 8.66. The highest BCUT2D eigenvalue weighted by molar-refractivity contribution is 7.12. The van der Waals surface area contributed by atoms with Gasteiger partial charge in [0.05, 0.1) is 18.8 Å². The van der Waals surface area contributed by atoms with Gasteiger partial charge in [-0.3, -0.25) is 0 Å². The van der Waals surface area contributed by atoms with Gasteiger partial charge in [-0.15, -0.1) is 22.7 Å². The molecule has 0 unspecified atom stereocenters. The van der Waals surface area contributed by atoms with Crippen LogP contribution in [0.5, 0.6) is 0 Å². The van der Waals surface area contributed by atoms with Gasteiger partial charge < -0.3 is 9.47 Å². The highest BCUT2D eigenvalue weighted by Crippen LogP contribution is 2.33. The maximum Gasteiger partial charge on any atom is 0.0971 e. The van der Waals surface area contributed by atoms with Crippen molar-refractivity contribution >= 4 is 22.7 Å². The summed E-state index contributed by atoms with van der Waals surface area (Å²) in [5, 5.41) is 0. The van der Waals surface area contributed by atoms with E-state index in [2.05, 4.69) is 52.0 Å². The van der Waals surface area contributed by atoms with Crippen molar-refractivity contribution in [3.05, 3.63) is 43.8 Å². The fourth-order valence-electron chi connectivity index (χ4n) is 2.03. The van der Waals surface area contributed by atoms with Gasteiger partial charge in [0, 0.05) is 26.6 Å². The molecule has 0 saturated carbocycles. The lowest BCUT2D eigenvalue weighted by Crippen LogP contribution is -2.19. The Bertz CT molecular complexity index is 567. The first-order chi connectivity index (χ1) is 9.92. The van der Waals surface area contributed by atoms with Gasteiger partial charge in [-0.1, -0.05) is 13.8 Å². The van der Waals surface area contributed by atoms with Gasteiger partial charge in [0.15, 0.2) is 0 Å². The largest absolute Gasteiger partial charge is 0.379 e. The molecule has 0 aliphatic carbocycles. The molecule has 2 rings (SSSR count). The van der Waals surface area contributed by atoms with Crippen molar-refractivity contribution in [1.29, 1.82) is 0 Å². The second-order valence-corrected chi connectivity index (χ2v) is 8.32. The molecule has 0 fully saturated rings. The van der Waals surface area contributed by atoms with Gasteiger partial charge in [-0.25, -0.2) is 0 Å².